The van der Waals surface area contributed by atoms with Gasteiger partial charge in [0, 0.05) is 11.1 Å². The smallest absolute Gasteiger partial charge is 0.429 e. The van der Waals surface area contributed by atoms with Gasteiger partial charge in [-0.05, 0) is 24.3 Å². The summed E-state index contributed by atoms with van der Waals surface area (Å²) < 4.78 is 0. The van der Waals surface area contributed by atoms with Gasteiger partial charge in [-0.2, -0.15) is 5.06 Å². The first kappa shape index (κ1) is 12.1. The number of aliphatic hydroxyl groups is 1. The van der Waals surface area contributed by atoms with Crippen LogP contribution in [0.5, 0.6) is 0 Å². The van der Waals surface area contributed by atoms with E-state index in [0.717, 1.165) is 5.56 Å². The first-order valence-corrected chi connectivity index (χ1v) is 6.03. The summed E-state index contributed by atoms with van der Waals surface area (Å²) in [5.41, 5.74) is 7.60. The van der Waals surface area contributed by atoms with Gasteiger partial charge in [-0.15, -0.1) is 0 Å². The Bertz CT molecular complexity index is 710. The molecule has 3 rings (SSSR count). The van der Waals surface area contributed by atoms with Gasteiger partial charge in [0.15, 0.2) is 0 Å². The molecule has 100 valence electrons. The lowest BCUT2D eigenvalue weighted by Crippen LogP contribution is -2.27. The maximum Gasteiger partial charge on any atom is 0.429 e. The van der Waals surface area contributed by atoms with E-state index in [-0.39, 0.29) is 5.76 Å². The molecule has 1 aliphatic rings. The highest BCUT2D eigenvalue weighted by atomic mass is 16.7. The number of nitrogens with zero attached hydrogens (tertiary/aromatic N) is 1. The molecule has 0 bridgehead atoms. The lowest BCUT2D eigenvalue weighted by atomic mass is 10.1. The second-order valence-electron chi connectivity index (χ2n) is 4.31. The number of para-hydroxylation sites is 2. The van der Waals surface area contributed by atoms with Crippen LogP contribution in [0, 0.1) is 0 Å². The molecule has 0 radical (unpaired) electrons. The fraction of sp³-hybridized carbons (Fsp3) is 0. The summed E-state index contributed by atoms with van der Waals surface area (Å²) in [4.78, 5) is 16.3. The maximum absolute atomic E-state index is 11.2. The molecular formula is C15H12N2O3. The molecule has 0 aliphatic carbocycles. The van der Waals surface area contributed by atoms with Crippen molar-refractivity contribution in [3.8, 4) is 0 Å². The highest BCUT2D eigenvalue weighted by Gasteiger charge is 2.23. The largest absolute Gasteiger partial charge is 0.507 e. The lowest BCUT2D eigenvalue weighted by Gasteiger charge is -2.23. The quantitative estimate of drug-likeness (QED) is 0.832. The number of nitrogens with two attached hydrogens (primary N) is 1. The van der Waals surface area contributed by atoms with Crippen molar-refractivity contribution in [3.05, 3.63) is 59.7 Å². The van der Waals surface area contributed by atoms with Gasteiger partial charge in [0.05, 0.1) is 11.4 Å². The molecule has 0 saturated heterocycles. The summed E-state index contributed by atoms with van der Waals surface area (Å²) in [5.74, 6) is 0.101. The Morgan fingerprint density at radius 3 is 2.45 bits per heavy atom. The molecular weight excluding hydrogens is 256 g/mol. The van der Waals surface area contributed by atoms with Crippen LogP contribution in [0.1, 0.15) is 11.1 Å². The van der Waals surface area contributed by atoms with Crippen molar-refractivity contribution in [2.75, 3.05) is 5.06 Å². The number of hydrogen-bond donors (Lipinski definition) is 2. The fourth-order valence-electron chi connectivity index (χ4n) is 2.21. The predicted molar refractivity (Wildman–Crippen MR) is 76.2 cm³/mol. The van der Waals surface area contributed by atoms with Crippen LogP contribution in [0.2, 0.25) is 0 Å². The summed E-state index contributed by atoms with van der Waals surface area (Å²) in [6.07, 6.45) is 0.703. The Kier molecular flexibility index (Phi) is 2.80. The van der Waals surface area contributed by atoms with E-state index in [4.69, 9.17) is 10.6 Å². The third-order valence-electron chi connectivity index (χ3n) is 3.03. The summed E-state index contributed by atoms with van der Waals surface area (Å²) in [6, 6.07) is 14.3. The molecule has 0 saturated carbocycles. The molecule has 2 aromatic rings. The maximum atomic E-state index is 11.2. The van der Waals surface area contributed by atoms with Crippen molar-refractivity contribution in [3.63, 3.8) is 0 Å². The number of carbonyl (C=O) groups is 1. The van der Waals surface area contributed by atoms with Crippen molar-refractivity contribution < 1.29 is 14.7 Å². The van der Waals surface area contributed by atoms with E-state index in [2.05, 4.69) is 0 Å². The first-order chi connectivity index (χ1) is 9.66. The molecule has 1 amide bonds. The van der Waals surface area contributed by atoms with E-state index in [9.17, 15) is 9.90 Å². The Morgan fingerprint density at radius 2 is 1.70 bits per heavy atom. The minimum atomic E-state index is -0.920. The Morgan fingerprint density at radius 1 is 1.05 bits per heavy atom. The minimum Gasteiger partial charge on any atom is -0.507 e. The van der Waals surface area contributed by atoms with E-state index in [0.29, 0.717) is 16.9 Å². The van der Waals surface area contributed by atoms with Gasteiger partial charge in [0.2, 0.25) is 0 Å². The first-order valence-electron chi connectivity index (χ1n) is 6.03. The molecule has 5 nitrogen and oxygen atoms in total. The highest BCUT2D eigenvalue weighted by molar-refractivity contribution is 5.92. The van der Waals surface area contributed by atoms with E-state index in [1.807, 2.05) is 18.2 Å². The second-order valence-corrected chi connectivity index (χ2v) is 4.31. The predicted octanol–water partition coefficient (Wildman–Crippen LogP) is 3.20. The van der Waals surface area contributed by atoms with Crippen LogP contribution >= 0.6 is 0 Å². The zero-order valence-electron chi connectivity index (χ0n) is 10.5. The summed E-state index contributed by atoms with van der Waals surface area (Å²) in [6.45, 7) is 0. The van der Waals surface area contributed by atoms with Crippen molar-refractivity contribution in [2.24, 2.45) is 5.73 Å². The van der Waals surface area contributed by atoms with Crippen molar-refractivity contribution in [1.82, 2.24) is 0 Å². The number of primary amides is 1. The molecule has 2 aromatic carbocycles. The van der Waals surface area contributed by atoms with Gasteiger partial charge >= 0.3 is 6.09 Å². The molecule has 3 N–H and O–H groups in total. The standard InChI is InChI=1S/C15H12N2O3/c16-15(19)20-17-12-7-3-1-5-10(12)9-14(18)11-6-2-4-8-13(11)17/h1-9,18H,(H2,16,19). The average Bonchev–Trinajstić information content (AvgIpc) is 2.55. The number of hydrogen-bond acceptors (Lipinski definition) is 4. The number of aliphatic hydroxyl groups excluding tert-OH is 1. The minimum absolute atomic E-state index is 0.101. The molecule has 0 spiro atoms. The van der Waals surface area contributed by atoms with Crippen LogP contribution < -0.4 is 10.8 Å². The van der Waals surface area contributed by atoms with Crippen LogP contribution in [0.25, 0.3) is 11.8 Å². The second kappa shape index (κ2) is 4.62. The molecule has 0 unspecified atom stereocenters. The van der Waals surface area contributed by atoms with Crippen molar-refractivity contribution in [2.45, 2.75) is 0 Å². The highest BCUT2D eigenvalue weighted by Crippen LogP contribution is 2.38. The van der Waals surface area contributed by atoms with E-state index in [1.165, 1.54) is 5.06 Å². The number of fused-ring (bicyclic) bond motifs is 2. The van der Waals surface area contributed by atoms with Gasteiger partial charge in [0.1, 0.15) is 5.76 Å². The van der Waals surface area contributed by atoms with Crippen LogP contribution in [-0.4, -0.2) is 11.2 Å². The number of benzene rings is 2. The van der Waals surface area contributed by atoms with Crippen LogP contribution in [0.15, 0.2) is 48.5 Å². The SMILES string of the molecule is NC(=O)ON1c2ccccc2C=C(O)c2ccccc21. The normalized spacial score (nSPS) is 12.8. The average molecular weight is 268 g/mol. The molecule has 5 heteroatoms. The monoisotopic (exact) mass is 268 g/mol. The van der Waals surface area contributed by atoms with Gasteiger partial charge in [-0.1, -0.05) is 30.3 Å². The number of rotatable bonds is 1. The lowest BCUT2D eigenvalue weighted by molar-refractivity contribution is 0.157. The Labute approximate surface area is 115 Å². The van der Waals surface area contributed by atoms with E-state index < -0.39 is 6.09 Å². The Balaban J connectivity index is 2.26. The summed E-state index contributed by atoms with van der Waals surface area (Å²) >= 11 is 0. The van der Waals surface area contributed by atoms with Crippen LogP contribution in [0.4, 0.5) is 16.2 Å². The molecule has 0 aromatic heterocycles. The summed E-state index contributed by atoms with van der Waals surface area (Å²) in [7, 11) is 0. The zero-order chi connectivity index (χ0) is 14.1. The van der Waals surface area contributed by atoms with Gasteiger partial charge in [-0.3, -0.25) is 0 Å². The molecule has 1 heterocycles. The molecule has 0 fully saturated rings. The number of carbonyl (C=O) groups excluding carboxylic acids is 1. The van der Waals surface area contributed by atoms with Crippen LogP contribution in [-0.2, 0) is 4.84 Å². The van der Waals surface area contributed by atoms with Crippen LogP contribution in [0.3, 0.4) is 0 Å². The summed E-state index contributed by atoms with van der Waals surface area (Å²) in [5, 5.41) is 11.5. The van der Waals surface area contributed by atoms with Gasteiger partial charge in [0.25, 0.3) is 0 Å². The van der Waals surface area contributed by atoms with Gasteiger partial charge < -0.3 is 15.7 Å². The third-order valence-corrected chi connectivity index (χ3v) is 3.03. The van der Waals surface area contributed by atoms with Gasteiger partial charge in [-0.25, -0.2) is 4.79 Å². The third kappa shape index (κ3) is 1.95. The number of anilines is 2. The van der Waals surface area contributed by atoms with Crippen molar-refractivity contribution in [1.29, 1.82) is 0 Å². The topological polar surface area (TPSA) is 75.8 Å². The fourth-order valence-corrected chi connectivity index (χ4v) is 2.21. The molecule has 0 atom stereocenters. The molecule has 20 heavy (non-hydrogen) atoms. The van der Waals surface area contributed by atoms with Crippen molar-refractivity contribution >= 4 is 29.3 Å². The Hall–Kier alpha value is -2.95. The zero-order valence-corrected chi connectivity index (χ0v) is 10.5. The van der Waals surface area contributed by atoms with E-state index in [1.54, 1.807) is 36.4 Å². The molecule has 1 aliphatic heterocycles. The number of amides is 1. The van der Waals surface area contributed by atoms with E-state index >= 15 is 0 Å².